The number of likely N-dealkylation sites (N-methyl/N-ethyl adjacent to an activating group) is 1. The lowest BCUT2D eigenvalue weighted by molar-refractivity contribution is -0.125. The molecule has 1 unspecified atom stereocenters. The summed E-state index contributed by atoms with van der Waals surface area (Å²) in [5.74, 6) is 0.499. The molecule has 0 spiro atoms. The molecular weight excluding hydrogens is 314 g/mol. The molecule has 0 aliphatic carbocycles. The summed E-state index contributed by atoms with van der Waals surface area (Å²) in [7, 11) is 1.61. The second kappa shape index (κ2) is 10.9. The average Bonchev–Trinajstić information content (AvgIpc) is 2.54. The van der Waals surface area contributed by atoms with Gasteiger partial charge in [0, 0.05) is 7.05 Å². The minimum absolute atomic E-state index is 0.0518. The maximum Gasteiger partial charge on any atom is 0.234 e. The van der Waals surface area contributed by atoms with Crippen molar-refractivity contribution in [2.45, 2.75) is 46.6 Å². The lowest BCUT2D eigenvalue weighted by Gasteiger charge is -2.22. The zero-order chi connectivity index (χ0) is 18.8. The van der Waals surface area contributed by atoms with Crippen LogP contribution in [0.4, 0.5) is 0 Å². The summed E-state index contributed by atoms with van der Waals surface area (Å²) in [4.78, 5) is 25.7. The van der Waals surface area contributed by atoms with Crippen molar-refractivity contribution < 1.29 is 9.59 Å². The first kappa shape index (κ1) is 21.2. The highest BCUT2D eigenvalue weighted by atomic mass is 16.2. The van der Waals surface area contributed by atoms with Crippen LogP contribution in [0.3, 0.4) is 0 Å². The van der Waals surface area contributed by atoms with Gasteiger partial charge in [0.25, 0.3) is 0 Å². The highest BCUT2D eigenvalue weighted by molar-refractivity contribution is 5.81. The zero-order valence-electron chi connectivity index (χ0n) is 16.3. The molecule has 1 rings (SSSR count). The van der Waals surface area contributed by atoms with Gasteiger partial charge in [-0.05, 0) is 43.4 Å². The fourth-order valence-corrected chi connectivity index (χ4v) is 2.80. The molecule has 2 N–H and O–H groups in total. The van der Waals surface area contributed by atoms with Crippen LogP contribution < -0.4 is 10.6 Å². The van der Waals surface area contributed by atoms with Crippen molar-refractivity contribution in [3.63, 3.8) is 0 Å². The van der Waals surface area contributed by atoms with Gasteiger partial charge in [0.1, 0.15) is 0 Å². The predicted octanol–water partition coefficient (Wildman–Crippen LogP) is 2.52. The zero-order valence-corrected chi connectivity index (χ0v) is 16.3. The summed E-state index contributed by atoms with van der Waals surface area (Å²) in [6, 6.07) is 8.37. The lowest BCUT2D eigenvalue weighted by Crippen LogP contribution is -2.43. The Hall–Kier alpha value is -1.88. The summed E-state index contributed by atoms with van der Waals surface area (Å²) in [5.41, 5.74) is 2.41. The standard InChI is InChI=1S/C20H33N3O2/c1-6-11-23(13-19(24)21-5)14-20(25)22-16(4)18-9-7-17(8-10-18)12-15(2)3/h7-10,15-16H,6,11-14H2,1-5H3,(H,21,24)(H,22,25). The summed E-state index contributed by atoms with van der Waals surface area (Å²) >= 11 is 0. The molecule has 1 aromatic rings. The number of benzene rings is 1. The van der Waals surface area contributed by atoms with Gasteiger partial charge >= 0.3 is 0 Å². The fourth-order valence-electron chi connectivity index (χ4n) is 2.80. The second-order valence-electron chi connectivity index (χ2n) is 7.01. The Bertz CT molecular complexity index is 540. The van der Waals surface area contributed by atoms with Crippen LogP contribution in [-0.2, 0) is 16.0 Å². The monoisotopic (exact) mass is 347 g/mol. The van der Waals surface area contributed by atoms with Gasteiger partial charge in [0.15, 0.2) is 0 Å². The third kappa shape index (κ3) is 8.16. The smallest absolute Gasteiger partial charge is 0.234 e. The summed E-state index contributed by atoms with van der Waals surface area (Å²) in [6.07, 6.45) is 1.96. The number of rotatable bonds is 10. The Morgan fingerprint density at radius 3 is 2.16 bits per heavy atom. The van der Waals surface area contributed by atoms with Crippen molar-refractivity contribution in [1.29, 1.82) is 0 Å². The van der Waals surface area contributed by atoms with E-state index in [1.165, 1.54) is 5.56 Å². The van der Waals surface area contributed by atoms with E-state index in [1.807, 2.05) is 18.7 Å². The van der Waals surface area contributed by atoms with Crippen molar-refractivity contribution in [2.24, 2.45) is 5.92 Å². The van der Waals surface area contributed by atoms with Crippen LogP contribution in [0.1, 0.15) is 51.3 Å². The molecule has 1 aromatic carbocycles. The van der Waals surface area contributed by atoms with Crippen molar-refractivity contribution >= 4 is 11.8 Å². The molecule has 1 atom stereocenters. The molecule has 0 fully saturated rings. The maximum atomic E-state index is 12.3. The lowest BCUT2D eigenvalue weighted by atomic mass is 10.00. The largest absolute Gasteiger partial charge is 0.358 e. The van der Waals surface area contributed by atoms with Crippen LogP contribution in [0, 0.1) is 5.92 Å². The minimum Gasteiger partial charge on any atom is -0.358 e. The molecule has 0 aromatic heterocycles. The van der Waals surface area contributed by atoms with E-state index in [0.29, 0.717) is 5.92 Å². The van der Waals surface area contributed by atoms with Crippen molar-refractivity contribution in [2.75, 3.05) is 26.7 Å². The molecule has 0 saturated heterocycles. The van der Waals surface area contributed by atoms with E-state index in [2.05, 4.69) is 48.7 Å². The summed E-state index contributed by atoms with van der Waals surface area (Å²) < 4.78 is 0. The first-order valence-corrected chi connectivity index (χ1v) is 9.16. The molecule has 25 heavy (non-hydrogen) atoms. The minimum atomic E-state index is -0.0740. The van der Waals surface area contributed by atoms with E-state index in [0.717, 1.165) is 24.9 Å². The van der Waals surface area contributed by atoms with Gasteiger partial charge in [0.2, 0.25) is 11.8 Å². The Balaban J connectivity index is 2.57. The van der Waals surface area contributed by atoms with Crippen molar-refractivity contribution in [3.05, 3.63) is 35.4 Å². The average molecular weight is 348 g/mol. The number of hydrogen-bond acceptors (Lipinski definition) is 3. The number of amides is 2. The van der Waals surface area contributed by atoms with Gasteiger partial charge in [-0.15, -0.1) is 0 Å². The Kier molecular flexibility index (Phi) is 9.21. The van der Waals surface area contributed by atoms with Crippen molar-refractivity contribution in [3.8, 4) is 0 Å². The molecule has 0 saturated carbocycles. The van der Waals surface area contributed by atoms with E-state index in [9.17, 15) is 9.59 Å². The molecule has 0 radical (unpaired) electrons. The van der Waals surface area contributed by atoms with E-state index < -0.39 is 0 Å². The summed E-state index contributed by atoms with van der Waals surface area (Å²) in [5, 5.41) is 5.62. The molecule has 0 aliphatic rings. The van der Waals surface area contributed by atoms with Gasteiger partial charge in [0.05, 0.1) is 19.1 Å². The molecule has 2 amide bonds. The number of nitrogens with one attached hydrogen (secondary N) is 2. The third-order valence-corrected chi connectivity index (χ3v) is 4.05. The van der Waals surface area contributed by atoms with Gasteiger partial charge in [-0.3, -0.25) is 14.5 Å². The van der Waals surface area contributed by atoms with Gasteiger partial charge in [-0.25, -0.2) is 0 Å². The Morgan fingerprint density at radius 2 is 1.64 bits per heavy atom. The SMILES string of the molecule is CCCN(CC(=O)NC)CC(=O)NC(C)c1ccc(CC(C)C)cc1. The number of hydrogen-bond donors (Lipinski definition) is 2. The molecule has 5 heteroatoms. The number of carbonyl (C=O) groups excluding carboxylic acids is 2. The quantitative estimate of drug-likeness (QED) is 0.684. The second-order valence-corrected chi connectivity index (χ2v) is 7.01. The van der Waals surface area contributed by atoms with Gasteiger partial charge in [-0.1, -0.05) is 45.0 Å². The molecular formula is C20H33N3O2. The van der Waals surface area contributed by atoms with Crippen LogP contribution in [0.25, 0.3) is 0 Å². The number of nitrogens with zero attached hydrogens (tertiary/aromatic N) is 1. The number of carbonyl (C=O) groups is 2. The van der Waals surface area contributed by atoms with Crippen LogP contribution in [0.15, 0.2) is 24.3 Å². The summed E-state index contributed by atoms with van der Waals surface area (Å²) in [6.45, 7) is 9.63. The third-order valence-electron chi connectivity index (χ3n) is 4.05. The van der Waals surface area contributed by atoms with E-state index >= 15 is 0 Å². The van der Waals surface area contributed by atoms with E-state index in [1.54, 1.807) is 7.05 Å². The molecule has 0 bridgehead atoms. The maximum absolute atomic E-state index is 12.3. The predicted molar refractivity (Wildman–Crippen MR) is 102 cm³/mol. The van der Waals surface area contributed by atoms with E-state index in [-0.39, 0.29) is 30.9 Å². The topological polar surface area (TPSA) is 61.4 Å². The van der Waals surface area contributed by atoms with Crippen molar-refractivity contribution in [1.82, 2.24) is 15.5 Å². The molecule has 5 nitrogen and oxygen atoms in total. The molecule has 140 valence electrons. The van der Waals surface area contributed by atoms with Crippen LogP contribution in [-0.4, -0.2) is 43.4 Å². The first-order valence-electron chi connectivity index (χ1n) is 9.16. The molecule has 0 heterocycles. The first-order chi connectivity index (χ1) is 11.8. The Labute approximate surface area is 152 Å². The highest BCUT2D eigenvalue weighted by Gasteiger charge is 2.15. The van der Waals surface area contributed by atoms with Gasteiger partial charge in [-0.2, -0.15) is 0 Å². The van der Waals surface area contributed by atoms with Crippen LogP contribution in [0.2, 0.25) is 0 Å². The molecule has 0 aliphatic heterocycles. The van der Waals surface area contributed by atoms with Gasteiger partial charge < -0.3 is 10.6 Å². The van der Waals surface area contributed by atoms with Crippen LogP contribution in [0.5, 0.6) is 0 Å². The fraction of sp³-hybridized carbons (Fsp3) is 0.600. The Morgan fingerprint density at radius 1 is 1.04 bits per heavy atom. The normalized spacial score (nSPS) is 12.3. The van der Waals surface area contributed by atoms with Crippen LogP contribution >= 0.6 is 0 Å². The highest BCUT2D eigenvalue weighted by Crippen LogP contribution is 2.15. The van der Waals surface area contributed by atoms with E-state index in [4.69, 9.17) is 0 Å².